The third kappa shape index (κ3) is 6.08. The van der Waals surface area contributed by atoms with Gasteiger partial charge >= 0.3 is 0 Å². The van der Waals surface area contributed by atoms with Crippen LogP contribution in [0.15, 0.2) is 59.1 Å². The zero-order chi connectivity index (χ0) is 22.2. The van der Waals surface area contributed by atoms with Gasteiger partial charge in [-0.2, -0.15) is 0 Å². The largest absolute Gasteiger partial charge is 0.497 e. The van der Waals surface area contributed by atoms with E-state index < -0.39 is 0 Å². The third-order valence-corrected chi connectivity index (χ3v) is 4.63. The van der Waals surface area contributed by atoms with Crippen LogP contribution in [-0.4, -0.2) is 30.1 Å². The van der Waals surface area contributed by atoms with Crippen LogP contribution in [0.2, 0.25) is 0 Å². The number of hydrogen-bond donors (Lipinski definition) is 2. The number of rotatable bonds is 9. The second-order valence-corrected chi connectivity index (χ2v) is 6.96. The van der Waals surface area contributed by atoms with Crippen molar-refractivity contribution in [1.82, 2.24) is 10.5 Å². The van der Waals surface area contributed by atoms with Gasteiger partial charge in [0.25, 0.3) is 11.8 Å². The molecule has 0 aliphatic carbocycles. The van der Waals surface area contributed by atoms with Crippen molar-refractivity contribution in [1.29, 1.82) is 0 Å². The molecule has 0 saturated heterocycles. The number of amides is 2. The fraction of sp³-hybridized carbons (Fsp3) is 0.261. The first kappa shape index (κ1) is 21.9. The van der Waals surface area contributed by atoms with Crippen LogP contribution >= 0.6 is 0 Å². The summed E-state index contributed by atoms with van der Waals surface area (Å²) in [4.78, 5) is 24.4. The Morgan fingerprint density at radius 2 is 1.71 bits per heavy atom. The van der Waals surface area contributed by atoms with Gasteiger partial charge in [-0.3, -0.25) is 9.59 Å². The molecule has 31 heavy (non-hydrogen) atoms. The van der Waals surface area contributed by atoms with Crippen molar-refractivity contribution in [3.8, 4) is 11.5 Å². The summed E-state index contributed by atoms with van der Waals surface area (Å²) in [6, 6.07) is 15.4. The maximum atomic E-state index is 12.3. The van der Waals surface area contributed by atoms with Crippen LogP contribution in [0.1, 0.15) is 46.9 Å². The Bertz CT molecular complexity index is 1010. The van der Waals surface area contributed by atoms with Crippen molar-refractivity contribution >= 4 is 17.5 Å². The fourth-order valence-corrected chi connectivity index (χ4v) is 2.62. The Morgan fingerprint density at radius 3 is 2.35 bits per heavy atom. The van der Waals surface area contributed by atoms with Crippen molar-refractivity contribution in [2.45, 2.75) is 32.9 Å². The van der Waals surface area contributed by atoms with Crippen LogP contribution in [0.4, 0.5) is 5.69 Å². The van der Waals surface area contributed by atoms with E-state index in [9.17, 15) is 9.59 Å². The first-order valence-electron chi connectivity index (χ1n) is 9.93. The van der Waals surface area contributed by atoms with Crippen molar-refractivity contribution in [3.63, 3.8) is 0 Å². The Balaban J connectivity index is 1.51. The number of anilines is 1. The lowest BCUT2D eigenvalue weighted by molar-refractivity contribution is 0.0929. The molecule has 0 spiro atoms. The zero-order valence-corrected chi connectivity index (χ0v) is 17.7. The topological polar surface area (TPSA) is 103 Å². The maximum absolute atomic E-state index is 12.3. The van der Waals surface area contributed by atoms with E-state index in [-0.39, 0.29) is 30.2 Å². The van der Waals surface area contributed by atoms with E-state index in [1.54, 1.807) is 61.7 Å². The molecule has 1 heterocycles. The van der Waals surface area contributed by atoms with E-state index in [4.69, 9.17) is 14.0 Å². The molecule has 162 valence electrons. The average molecular weight is 423 g/mol. The van der Waals surface area contributed by atoms with Gasteiger partial charge in [0.05, 0.1) is 7.11 Å². The number of aromatic nitrogens is 1. The first-order valence-corrected chi connectivity index (χ1v) is 9.93. The summed E-state index contributed by atoms with van der Waals surface area (Å²) < 4.78 is 15.9. The smallest absolute Gasteiger partial charge is 0.273 e. The SMILES string of the molecule is CC[C@@H](C)NC(=O)c1cc(COc2ccc(NC(=O)c3ccc(OC)cc3)cc2)on1. The van der Waals surface area contributed by atoms with Crippen LogP contribution in [-0.2, 0) is 6.61 Å². The van der Waals surface area contributed by atoms with E-state index in [0.29, 0.717) is 28.5 Å². The van der Waals surface area contributed by atoms with Gasteiger partial charge < -0.3 is 24.6 Å². The van der Waals surface area contributed by atoms with Gasteiger partial charge in [-0.15, -0.1) is 0 Å². The summed E-state index contributed by atoms with van der Waals surface area (Å²) in [5.74, 6) is 1.21. The van der Waals surface area contributed by atoms with E-state index in [1.165, 1.54) is 0 Å². The lowest BCUT2D eigenvalue weighted by Gasteiger charge is -2.08. The molecule has 8 heteroatoms. The monoisotopic (exact) mass is 423 g/mol. The van der Waals surface area contributed by atoms with Crippen LogP contribution in [0.3, 0.4) is 0 Å². The van der Waals surface area contributed by atoms with Gasteiger partial charge in [0.15, 0.2) is 11.5 Å². The van der Waals surface area contributed by atoms with Crippen LogP contribution in [0, 0.1) is 0 Å². The van der Waals surface area contributed by atoms with E-state index in [1.807, 2.05) is 13.8 Å². The quantitative estimate of drug-likeness (QED) is 0.538. The second-order valence-electron chi connectivity index (χ2n) is 6.96. The summed E-state index contributed by atoms with van der Waals surface area (Å²) in [6.07, 6.45) is 0.829. The highest BCUT2D eigenvalue weighted by atomic mass is 16.5. The number of hydrogen-bond acceptors (Lipinski definition) is 6. The molecule has 0 saturated carbocycles. The highest BCUT2D eigenvalue weighted by Crippen LogP contribution is 2.19. The normalized spacial score (nSPS) is 11.5. The molecule has 3 aromatic rings. The van der Waals surface area contributed by atoms with Crippen LogP contribution in [0.25, 0.3) is 0 Å². The molecule has 1 aromatic heterocycles. The van der Waals surface area contributed by atoms with Crippen molar-refractivity contribution < 1.29 is 23.6 Å². The molecular weight excluding hydrogens is 398 g/mol. The van der Waals surface area contributed by atoms with Gasteiger partial charge in [0.2, 0.25) is 0 Å². The minimum Gasteiger partial charge on any atom is -0.497 e. The van der Waals surface area contributed by atoms with Gasteiger partial charge in [-0.25, -0.2) is 0 Å². The molecule has 1 atom stereocenters. The van der Waals surface area contributed by atoms with Gasteiger partial charge in [0.1, 0.15) is 18.1 Å². The van der Waals surface area contributed by atoms with Crippen molar-refractivity contribution in [3.05, 3.63) is 71.6 Å². The molecule has 0 radical (unpaired) electrons. The molecule has 2 amide bonds. The predicted molar refractivity (Wildman–Crippen MR) is 115 cm³/mol. The lowest BCUT2D eigenvalue weighted by atomic mass is 10.2. The van der Waals surface area contributed by atoms with E-state index in [2.05, 4.69) is 15.8 Å². The summed E-state index contributed by atoms with van der Waals surface area (Å²) >= 11 is 0. The van der Waals surface area contributed by atoms with Crippen LogP contribution in [0.5, 0.6) is 11.5 Å². The lowest BCUT2D eigenvalue weighted by Crippen LogP contribution is -2.32. The molecule has 0 aliphatic rings. The Labute approximate surface area is 180 Å². The second kappa shape index (κ2) is 10.3. The Kier molecular flexibility index (Phi) is 7.26. The van der Waals surface area contributed by atoms with Crippen molar-refractivity contribution in [2.24, 2.45) is 0 Å². The number of nitrogens with zero attached hydrogens (tertiary/aromatic N) is 1. The Hall–Kier alpha value is -3.81. The summed E-state index contributed by atoms with van der Waals surface area (Å²) in [6.45, 7) is 4.04. The summed E-state index contributed by atoms with van der Waals surface area (Å²) in [5, 5.41) is 9.43. The van der Waals surface area contributed by atoms with Gasteiger partial charge in [-0.1, -0.05) is 12.1 Å². The third-order valence-electron chi connectivity index (χ3n) is 4.63. The van der Waals surface area contributed by atoms with Crippen LogP contribution < -0.4 is 20.1 Å². The predicted octanol–water partition coefficient (Wildman–Crippen LogP) is 4.04. The van der Waals surface area contributed by atoms with Crippen molar-refractivity contribution in [2.75, 3.05) is 12.4 Å². The summed E-state index contributed by atoms with van der Waals surface area (Å²) in [7, 11) is 1.57. The molecule has 2 aromatic carbocycles. The minimum absolute atomic E-state index is 0.0626. The summed E-state index contributed by atoms with van der Waals surface area (Å²) in [5.41, 5.74) is 1.38. The molecule has 0 unspecified atom stereocenters. The van der Waals surface area contributed by atoms with E-state index >= 15 is 0 Å². The highest BCUT2D eigenvalue weighted by Gasteiger charge is 2.14. The molecule has 0 aliphatic heterocycles. The average Bonchev–Trinajstić information content (AvgIpc) is 3.28. The molecular formula is C23H25N3O5. The Morgan fingerprint density at radius 1 is 1.03 bits per heavy atom. The number of ether oxygens (including phenoxy) is 2. The zero-order valence-electron chi connectivity index (χ0n) is 17.7. The number of carbonyl (C=O) groups is 2. The number of carbonyl (C=O) groups excluding carboxylic acids is 2. The molecule has 0 fully saturated rings. The molecule has 2 N–H and O–H groups in total. The number of methoxy groups -OCH3 is 1. The number of benzene rings is 2. The highest BCUT2D eigenvalue weighted by molar-refractivity contribution is 6.04. The fourth-order valence-electron chi connectivity index (χ4n) is 2.62. The molecule has 8 nitrogen and oxygen atoms in total. The number of nitrogens with one attached hydrogen (secondary N) is 2. The molecule has 0 bridgehead atoms. The maximum Gasteiger partial charge on any atom is 0.273 e. The first-order chi connectivity index (χ1) is 15.0. The molecule has 3 rings (SSSR count). The van der Waals surface area contributed by atoms with E-state index in [0.717, 1.165) is 6.42 Å². The standard InChI is InChI=1S/C23H25N3O5/c1-4-15(2)24-23(28)21-13-20(31-26-21)14-30-19-11-7-17(8-12-19)25-22(27)16-5-9-18(29-3)10-6-16/h5-13,15H,4,14H2,1-3H3,(H,24,28)(H,25,27)/t15-/m1/s1. The minimum atomic E-state index is -0.277. The van der Waals surface area contributed by atoms with Gasteiger partial charge in [0, 0.05) is 23.4 Å². The van der Waals surface area contributed by atoms with Gasteiger partial charge in [-0.05, 0) is 61.9 Å².